The van der Waals surface area contributed by atoms with E-state index in [0.29, 0.717) is 5.56 Å². The second-order valence-electron chi connectivity index (χ2n) is 6.07. The maximum atomic E-state index is 14.3. The van der Waals surface area contributed by atoms with E-state index >= 15 is 0 Å². The topological polar surface area (TPSA) is 46.9 Å². The second-order valence-corrected chi connectivity index (χ2v) is 6.07. The van der Waals surface area contributed by atoms with Crippen LogP contribution in [0.1, 0.15) is 11.3 Å². The Bertz CT molecular complexity index is 1010. The number of benzene rings is 2. The Morgan fingerprint density at radius 3 is 2.43 bits per heavy atom. The van der Waals surface area contributed by atoms with Crippen molar-refractivity contribution in [1.82, 2.24) is 9.78 Å². The van der Waals surface area contributed by atoms with Gasteiger partial charge in [-0.3, -0.25) is 9.48 Å². The van der Waals surface area contributed by atoms with Crippen LogP contribution in [0.4, 0.5) is 27.6 Å². The monoisotopic (exact) mass is 395 g/mol. The van der Waals surface area contributed by atoms with E-state index in [-0.39, 0.29) is 16.8 Å². The standard InChI is InChI=1S/C19H14F5N3O/c1-27-10-12(18(26-27)19(22,23)24)9-16(28)25-15-4-2-3-14(21)17(15)11-5-7-13(20)8-6-11/h2-8,10H,9H2,1H3,(H,25,28). The molecule has 146 valence electrons. The molecule has 1 aromatic heterocycles. The molecule has 0 fully saturated rings. The molecule has 4 nitrogen and oxygen atoms in total. The molecule has 0 aliphatic rings. The zero-order valence-electron chi connectivity index (χ0n) is 14.5. The highest BCUT2D eigenvalue weighted by Crippen LogP contribution is 2.33. The van der Waals surface area contributed by atoms with Crippen LogP contribution >= 0.6 is 0 Å². The molecule has 28 heavy (non-hydrogen) atoms. The predicted molar refractivity (Wildman–Crippen MR) is 92.3 cm³/mol. The Labute approximate surface area is 156 Å². The molecular weight excluding hydrogens is 381 g/mol. The lowest BCUT2D eigenvalue weighted by Crippen LogP contribution is -2.18. The van der Waals surface area contributed by atoms with Crippen molar-refractivity contribution in [3.63, 3.8) is 0 Å². The molecule has 0 aliphatic heterocycles. The minimum atomic E-state index is -4.70. The number of aryl methyl sites for hydroxylation is 1. The third-order valence-corrected chi connectivity index (χ3v) is 3.94. The van der Waals surface area contributed by atoms with Crippen molar-refractivity contribution in [3.8, 4) is 11.1 Å². The maximum Gasteiger partial charge on any atom is 0.435 e. The smallest absolute Gasteiger partial charge is 0.325 e. The van der Waals surface area contributed by atoms with E-state index in [1.165, 1.54) is 31.3 Å². The lowest BCUT2D eigenvalue weighted by atomic mass is 10.0. The molecule has 0 radical (unpaired) electrons. The summed E-state index contributed by atoms with van der Waals surface area (Å²) in [6, 6.07) is 8.88. The third kappa shape index (κ3) is 4.19. The number of rotatable bonds is 4. The van der Waals surface area contributed by atoms with Crippen molar-refractivity contribution in [2.45, 2.75) is 12.6 Å². The van der Waals surface area contributed by atoms with Crippen molar-refractivity contribution < 1.29 is 26.7 Å². The Morgan fingerprint density at radius 2 is 1.79 bits per heavy atom. The van der Waals surface area contributed by atoms with Gasteiger partial charge in [0.25, 0.3) is 0 Å². The normalized spacial score (nSPS) is 11.5. The number of hydrogen-bond donors (Lipinski definition) is 1. The molecule has 0 spiro atoms. The van der Waals surface area contributed by atoms with Gasteiger partial charge in [-0.1, -0.05) is 18.2 Å². The number of nitrogens with one attached hydrogen (secondary N) is 1. The van der Waals surface area contributed by atoms with Crippen LogP contribution < -0.4 is 5.32 Å². The second kappa shape index (κ2) is 7.41. The van der Waals surface area contributed by atoms with Crippen molar-refractivity contribution >= 4 is 11.6 Å². The first-order valence-electron chi connectivity index (χ1n) is 8.09. The molecule has 0 aliphatic carbocycles. The molecule has 1 amide bonds. The zero-order valence-corrected chi connectivity index (χ0v) is 14.5. The number of halogens is 5. The Hall–Kier alpha value is -3.23. The van der Waals surface area contributed by atoms with Gasteiger partial charge < -0.3 is 5.32 Å². The fraction of sp³-hybridized carbons (Fsp3) is 0.158. The average molecular weight is 395 g/mol. The first kappa shape index (κ1) is 19.5. The molecule has 0 unspecified atom stereocenters. The summed E-state index contributed by atoms with van der Waals surface area (Å²) < 4.78 is 67.5. The van der Waals surface area contributed by atoms with Crippen LogP contribution in [0.25, 0.3) is 11.1 Å². The van der Waals surface area contributed by atoms with Gasteiger partial charge in [-0.05, 0) is 29.8 Å². The highest BCUT2D eigenvalue weighted by molar-refractivity contribution is 5.96. The number of aromatic nitrogens is 2. The van der Waals surface area contributed by atoms with Gasteiger partial charge in [-0.2, -0.15) is 18.3 Å². The third-order valence-electron chi connectivity index (χ3n) is 3.94. The van der Waals surface area contributed by atoms with Gasteiger partial charge in [-0.25, -0.2) is 8.78 Å². The van der Waals surface area contributed by atoms with Crippen molar-refractivity contribution in [2.24, 2.45) is 7.05 Å². The van der Waals surface area contributed by atoms with Crippen molar-refractivity contribution in [1.29, 1.82) is 0 Å². The lowest BCUT2D eigenvalue weighted by Gasteiger charge is -2.13. The summed E-state index contributed by atoms with van der Waals surface area (Å²) in [5, 5.41) is 5.77. The molecule has 2 aromatic carbocycles. The number of alkyl halides is 3. The van der Waals surface area contributed by atoms with Gasteiger partial charge in [0.1, 0.15) is 11.6 Å². The molecule has 0 saturated heterocycles. The quantitative estimate of drug-likeness (QED) is 0.658. The van der Waals surface area contributed by atoms with Gasteiger partial charge in [0, 0.05) is 24.4 Å². The van der Waals surface area contributed by atoms with Gasteiger partial charge in [0.2, 0.25) is 5.91 Å². The minimum Gasteiger partial charge on any atom is -0.325 e. The highest BCUT2D eigenvalue weighted by atomic mass is 19.4. The number of nitrogens with zero attached hydrogens (tertiary/aromatic N) is 2. The largest absolute Gasteiger partial charge is 0.435 e. The maximum absolute atomic E-state index is 14.3. The molecule has 0 bridgehead atoms. The van der Waals surface area contributed by atoms with E-state index < -0.39 is 35.8 Å². The summed E-state index contributed by atoms with van der Waals surface area (Å²) in [6.45, 7) is 0. The average Bonchev–Trinajstić information content (AvgIpc) is 2.97. The van der Waals surface area contributed by atoms with E-state index in [4.69, 9.17) is 0 Å². The van der Waals surface area contributed by atoms with Crippen LogP contribution in [-0.2, 0) is 24.4 Å². The highest BCUT2D eigenvalue weighted by Gasteiger charge is 2.37. The first-order chi connectivity index (χ1) is 13.1. The molecule has 1 N–H and O–H groups in total. The minimum absolute atomic E-state index is 0.0121. The molecule has 3 rings (SSSR count). The first-order valence-corrected chi connectivity index (χ1v) is 8.09. The SMILES string of the molecule is Cn1cc(CC(=O)Nc2cccc(F)c2-c2ccc(F)cc2)c(C(F)(F)F)n1. The Kier molecular flexibility index (Phi) is 5.17. The van der Waals surface area contributed by atoms with E-state index in [9.17, 15) is 26.7 Å². The molecule has 0 saturated carbocycles. The molecule has 3 aromatic rings. The van der Waals surface area contributed by atoms with Crippen LogP contribution in [0, 0.1) is 11.6 Å². The van der Waals surface area contributed by atoms with E-state index in [1.807, 2.05) is 0 Å². The predicted octanol–water partition coefficient (Wildman–Crippen LogP) is 4.57. The number of anilines is 1. The number of amides is 1. The molecule has 0 atom stereocenters. The van der Waals surface area contributed by atoms with Crippen LogP contribution in [0.3, 0.4) is 0 Å². The van der Waals surface area contributed by atoms with Crippen LogP contribution in [0.5, 0.6) is 0 Å². The summed E-state index contributed by atoms with van der Waals surface area (Å²) in [7, 11) is 1.32. The zero-order chi connectivity index (χ0) is 20.5. The Morgan fingerprint density at radius 1 is 1.11 bits per heavy atom. The van der Waals surface area contributed by atoms with Crippen LogP contribution in [0.2, 0.25) is 0 Å². The van der Waals surface area contributed by atoms with Crippen molar-refractivity contribution in [2.75, 3.05) is 5.32 Å². The number of hydrogen-bond acceptors (Lipinski definition) is 2. The summed E-state index contributed by atoms with van der Waals surface area (Å²) in [6.07, 6.45) is -4.19. The fourth-order valence-electron chi connectivity index (χ4n) is 2.81. The van der Waals surface area contributed by atoms with Gasteiger partial charge >= 0.3 is 6.18 Å². The molecule has 1 heterocycles. The fourth-order valence-corrected chi connectivity index (χ4v) is 2.81. The molecule has 9 heteroatoms. The van der Waals surface area contributed by atoms with Crippen LogP contribution in [0.15, 0.2) is 48.7 Å². The number of carbonyl (C=O) groups excluding carboxylic acids is 1. The number of carbonyl (C=O) groups is 1. The van der Waals surface area contributed by atoms with E-state index in [2.05, 4.69) is 10.4 Å². The Balaban J connectivity index is 1.88. The van der Waals surface area contributed by atoms with Crippen LogP contribution in [-0.4, -0.2) is 15.7 Å². The molecular formula is C19H14F5N3O. The van der Waals surface area contributed by atoms with E-state index in [0.717, 1.165) is 29.1 Å². The van der Waals surface area contributed by atoms with Gasteiger partial charge in [0.15, 0.2) is 5.69 Å². The van der Waals surface area contributed by atoms with Gasteiger partial charge in [0.05, 0.1) is 12.1 Å². The summed E-state index contributed by atoms with van der Waals surface area (Å²) in [4.78, 5) is 12.3. The lowest BCUT2D eigenvalue weighted by molar-refractivity contribution is -0.142. The van der Waals surface area contributed by atoms with Crippen molar-refractivity contribution in [3.05, 3.63) is 71.6 Å². The summed E-state index contributed by atoms with van der Waals surface area (Å²) in [5.41, 5.74) is -1.06. The summed E-state index contributed by atoms with van der Waals surface area (Å²) >= 11 is 0. The van der Waals surface area contributed by atoms with Gasteiger partial charge in [-0.15, -0.1) is 0 Å². The van der Waals surface area contributed by atoms with E-state index in [1.54, 1.807) is 0 Å². The summed E-state index contributed by atoms with van der Waals surface area (Å²) in [5.74, 6) is -1.95.